The van der Waals surface area contributed by atoms with E-state index >= 15 is 0 Å². The van der Waals surface area contributed by atoms with E-state index in [9.17, 15) is 44.7 Å². The minimum Gasteiger partial charge on any atom is -0.508 e. The Bertz CT molecular complexity index is 1230. The summed E-state index contributed by atoms with van der Waals surface area (Å²) in [6, 6.07) is 1.72. The lowest BCUT2D eigenvalue weighted by Gasteiger charge is -2.46. The van der Waals surface area contributed by atoms with Crippen molar-refractivity contribution in [3.63, 3.8) is 0 Å². The Balaban J connectivity index is 1.91. The Morgan fingerprint density at radius 1 is 1.15 bits per heavy atom. The molecule has 0 aromatic heterocycles. The van der Waals surface area contributed by atoms with Gasteiger partial charge in [-0.05, 0) is 36.3 Å². The van der Waals surface area contributed by atoms with Gasteiger partial charge in [0.05, 0.1) is 5.56 Å². The summed E-state index contributed by atoms with van der Waals surface area (Å²) >= 11 is 0. The van der Waals surface area contributed by atoms with E-state index in [1.807, 2.05) is 6.92 Å². The summed E-state index contributed by atoms with van der Waals surface area (Å²) in [5.74, 6) is -7.84. The molecule has 34 heavy (non-hydrogen) atoms. The molecule has 0 unspecified atom stereocenters. The van der Waals surface area contributed by atoms with E-state index in [4.69, 9.17) is 0 Å². The number of aryl methyl sites for hydroxylation is 1. The summed E-state index contributed by atoms with van der Waals surface area (Å²) in [7, 11) is 0. The van der Waals surface area contributed by atoms with Crippen molar-refractivity contribution < 1.29 is 44.7 Å². The number of hydrogen-bond acceptors (Lipinski definition) is 8. The molecule has 1 amide bonds. The van der Waals surface area contributed by atoms with Gasteiger partial charge in [0.15, 0.2) is 17.1 Å². The van der Waals surface area contributed by atoms with Gasteiger partial charge < -0.3 is 30.8 Å². The highest BCUT2D eigenvalue weighted by Crippen LogP contribution is 2.52. The van der Waals surface area contributed by atoms with Gasteiger partial charge in [0.1, 0.15) is 17.1 Å². The van der Waals surface area contributed by atoms with E-state index < -0.39 is 58.5 Å². The van der Waals surface area contributed by atoms with Crippen LogP contribution >= 0.6 is 0 Å². The number of amides is 1. The van der Waals surface area contributed by atoms with Gasteiger partial charge in [-0.3, -0.25) is 14.4 Å². The second-order valence-corrected chi connectivity index (χ2v) is 9.01. The van der Waals surface area contributed by atoms with Gasteiger partial charge >= 0.3 is 5.97 Å². The van der Waals surface area contributed by atoms with Crippen molar-refractivity contribution in [2.75, 3.05) is 0 Å². The van der Waals surface area contributed by atoms with E-state index in [-0.39, 0.29) is 42.2 Å². The Kier molecular flexibility index (Phi) is 5.52. The lowest BCUT2D eigenvalue weighted by Crippen LogP contribution is -2.58. The highest BCUT2D eigenvalue weighted by molar-refractivity contribution is 6.21. The number of aliphatic carboxylic acids is 1. The second-order valence-electron chi connectivity index (χ2n) is 9.01. The van der Waals surface area contributed by atoms with Crippen LogP contribution in [0.15, 0.2) is 23.0 Å². The summed E-state index contributed by atoms with van der Waals surface area (Å²) in [6.07, 6.45) is 0.374. The first-order chi connectivity index (χ1) is 15.9. The Morgan fingerprint density at radius 2 is 1.82 bits per heavy atom. The first kappa shape index (κ1) is 23.5. The van der Waals surface area contributed by atoms with Crippen LogP contribution in [0.1, 0.15) is 48.9 Å². The largest absolute Gasteiger partial charge is 0.508 e. The normalized spacial score (nSPS) is 26.1. The molecule has 3 aliphatic rings. The van der Waals surface area contributed by atoms with Crippen LogP contribution in [0.5, 0.6) is 5.75 Å². The number of nitrogens with one attached hydrogen (secondary N) is 1. The van der Waals surface area contributed by atoms with Crippen molar-refractivity contribution >= 4 is 29.2 Å². The number of carboxylic acid groups (broad SMARTS) is 1. The predicted octanol–water partition coefficient (Wildman–Crippen LogP) is 1.22. The molecule has 10 heteroatoms. The number of benzene rings is 1. The molecule has 1 aromatic carbocycles. The lowest BCUT2D eigenvalue weighted by molar-refractivity contribution is -0.149. The number of carboxylic acids is 1. The van der Waals surface area contributed by atoms with E-state index in [1.165, 1.54) is 6.92 Å². The van der Waals surface area contributed by atoms with Crippen molar-refractivity contribution in [3.8, 4) is 5.75 Å². The Hall–Kier alpha value is -3.66. The second kappa shape index (κ2) is 7.98. The first-order valence-corrected chi connectivity index (χ1v) is 10.9. The van der Waals surface area contributed by atoms with Gasteiger partial charge in [0.2, 0.25) is 11.7 Å². The van der Waals surface area contributed by atoms with Crippen LogP contribution in [-0.4, -0.2) is 54.6 Å². The van der Waals surface area contributed by atoms with Crippen LogP contribution in [0, 0.1) is 11.8 Å². The summed E-state index contributed by atoms with van der Waals surface area (Å²) < 4.78 is 0. The van der Waals surface area contributed by atoms with E-state index in [2.05, 4.69) is 5.32 Å². The molecular weight excluding hydrogens is 446 g/mol. The highest BCUT2D eigenvalue weighted by Gasteiger charge is 2.60. The van der Waals surface area contributed by atoms with Crippen LogP contribution in [0.4, 0.5) is 0 Å². The van der Waals surface area contributed by atoms with Crippen LogP contribution in [0.25, 0.3) is 5.76 Å². The fourth-order valence-corrected chi connectivity index (χ4v) is 5.46. The molecule has 1 saturated carbocycles. The van der Waals surface area contributed by atoms with Gasteiger partial charge in [-0.25, -0.2) is 4.79 Å². The molecule has 6 N–H and O–H groups in total. The van der Waals surface area contributed by atoms with E-state index in [0.29, 0.717) is 17.5 Å². The highest BCUT2D eigenvalue weighted by atomic mass is 16.4. The van der Waals surface area contributed by atoms with Gasteiger partial charge in [-0.2, -0.15) is 0 Å². The third-order valence-electron chi connectivity index (χ3n) is 7.11. The fourth-order valence-electron chi connectivity index (χ4n) is 5.46. The van der Waals surface area contributed by atoms with Gasteiger partial charge in [-0.1, -0.05) is 13.0 Å². The number of ketones is 2. The maximum Gasteiger partial charge on any atom is 0.342 e. The van der Waals surface area contributed by atoms with E-state index in [1.54, 1.807) is 6.07 Å². The minimum absolute atomic E-state index is 0.00941. The lowest BCUT2D eigenvalue weighted by atomic mass is 9.59. The number of aliphatic hydroxyl groups is 3. The third kappa shape index (κ3) is 3.20. The summed E-state index contributed by atoms with van der Waals surface area (Å²) in [5, 5.41) is 55.7. The topological polar surface area (TPSA) is 181 Å². The number of carbonyl (C=O) groups excluding carboxylic acids is 3. The van der Waals surface area contributed by atoms with Crippen LogP contribution < -0.4 is 5.32 Å². The first-order valence-electron chi connectivity index (χ1n) is 10.9. The number of aliphatic hydroxyl groups excluding tert-OH is 2. The van der Waals surface area contributed by atoms with Gasteiger partial charge in [0, 0.05) is 36.9 Å². The fraction of sp³-hybridized carbons (Fsp3) is 0.417. The van der Waals surface area contributed by atoms with E-state index in [0.717, 1.165) is 5.56 Å². The molecule has 0 bridgehead atoms. The summed E-state index contributed by atoms with van der Waals surface area (Å²) in [5.41, 5.74) is -2.20. The molecule has 1 fully saturated rings. The number of phenols is 1. The van der Waals surface area contributed by atoms with Crippen molar-refractivity contribution in [3.05, 3.63) is 45.2 Å². The maximum atomic E-state index is 13.5. The molecule has 1 aromatic rings. The van der Waals surface area contributed by atoms with Gasteiger partial charge in [-0.15, -0.1) is 0 Å². The van der Waals surface area contributed by atoms with Crippen molar-refractivity contribution in [2.24, 2.45) is 11.8 Å². The number of Topliss-reactive ketones (excluding diaryl/α,β-unsaturated/α-hetero) is 2. The molecule has 4 rings (SSSR count). The zero-order chi connectivity index (χ0) is 25.1. The SMILES string of the molecule is CCc1cc(CNC(C)=O)c(O)c2c1C[C@H]1C[C@H]3CC(=O)C(C(=O)O)=C(O)[C@@]3(O)C(=O)C1=C2O. The third-order valence-corrected chi connectivity index (χ3v) is 7.11. The standard InChI is InChI=1S/C24H25NO9/c1-3-10-4-12(8-25-9(2)26)19(28)17-14(10)6-11-5-13-7-15(27)18(23(32)33)22(31)24(13,34)21(30)16(11)20(17)29/h4,11,13,28-29,31,34H,3,5-8H2,1-2H3,(H,25,26)(H,32,33)/t11-,13+,24+/m1/s1. The molecule has 10 nitrogen and oxygen atoms in total. The summed E-state index contributed by atoms with van der Waals surface area (Å²) in [4.78, 5) is 48.6. The predicted molar refractivity (Wildman–Crippen MR) is 117 cm³/mol. The average molecular weight is 471 g/mol. The van der Waals surface area contributed by atoms with Crippen molar-refractivity contribution in [1.82, 2.24) is 5.32 Å². The smallest absolute Gasteiger partial charge is 0.342 e. The quantitative estimate of drug-likeness (QED) is 0.352. The zero-order valence-corrected chi connectivity index (χ0v) is 18.6. The summed E-state index contributed by atoms with van der Waals surface area (Å²) in [6.45, 7) is 3.19. The van der Waals surface area contributed by atoms with Crippen molar-refractivity contribution in [1.29, 1.82) is 0 Å². The maximum absolute atomic E-state index is 13.5. The minimum atomic E-state index is -2.67. The van der Waals surface area contributed by atoms with Gasteiger partial charge in [0.25, 0.3) is 0 Å². The Labute approximate surface area is 194 Å². The molecule has 0 saturated heterocycles. The number of aromatic hydroxyl groups is 1. The number of phenolic OH excluding ortho intramolecular Hbond substituents is 1. The molecule has 0 spiro atoms. The molecule has 3 atom stereocenters. The zero-order valence-electron chi connectivity index (χ0n) is 18.6. The molecule has 180 valence electrons. The molecule has 0 aliphatic heterocycles. The van der Waals surface area contributed by atoms with Crippen LogP contribution in [0.2, 0.25) is 0 Å². The average Bonchev–Trinajstić information content (AvgIpc) is 2.75. The van der Waals surface area contributed by atoms with Crippen molar-refractivity contribution in [2.45, 2.75) is 51.7 Å². The number of fused-ring (bicyclic) bond motifs is 3. The molecule has 0 radical (unpaired) electrons. The Morgan fingerprint density at radius 3 is 2.41 bits per heavy atom. The number of carbonyl (C=O) groups is 4. The van der Waals surface area contributed by atoms with Crippen LogP contribution in [0.3, 0.4) is 0 Å². The molecule has 0 heterocycles. The number of rotatable bonds is 4. The molecular formula is C24H25NO9. The number of hydrogen-bond donors (Lipinski definition) is 6. The monoisotopic (exact) mass is 471 g/mol. The molecule has 3 aliphatic carbocycles. The van der Waals surface area contributed by atoms with Crippen LogP contribution in [-0.2, 0) is 38.6 Å².